The molecule has 2 bridgehead atoms. The standard InChI is InChI=1S/C25H25N5O2/c1-14-22-12-16-4-5-17(23-28-15(2)32-29-23)10-19(16)25(14,3)8-9-30(22)24(31)18-6-7-20-21(11-18)27-13-26-20/h4-7,10-11,13-14,22H,8-9,12H2,1-3H3,(H,26,27)/t14-,22-,25-/m1/s1. The first-order valence-electron chi connectivity index (χ1n) is 11.1. The molecule has 32 heavy (non-hydrogen) atoms. The van der Waals surface area contributed by atoms with Gasteiger partial charge in [0.1, 0.15) is 0 Å². The van der Waals surface area contributed by atoms with Crippen LogP contribution in [-0.2, 0) is 11.8 Å². The second-order valence-electron chi connectivity index (χ2n) is 9.37. The van der Waals surface area contributed by atoms with Crippen LogP contribution in [0.4, 0.5) is 0 Å². The molecule has 0 radical (unpaired) electrons. The maximum atomic E-state index is 13.5. The Morgan fingerprint density at radius 3 is 2.94 bits per heavy atom. The van der Waals surface area contributed by atoms with Crippen molar-refractivity contribution in [1.82, 2.24) is 25.0 Å². The Kier molecular flexibility index (Phi) is 4.06. The maximum absolute atomic E-state index is 13.5. The van der Waals surface area contributed by atoms with Gasteiger partial charge < -0.3 is 14.4 Å². The van der Waals surface area contributed by atoms with Gasteiger partial charge in [0, 0.05) is 30.6 Å². The number of fused-ring (bicyclic) bond motifs is 5. The van der Waals surface area contributed by atoms with Gasteiger partial charge in [-0.1, -0.05) is 31.1 Å². The Balaban J connectivity index is 1.35. The van der Waals surface area contributed by atoms with Gasteiger partial charge in [0.2, 0.25) is 11.7 Å². The number of benzene rings is 2. The number of aryl methyl sites for hydroxylation is 1. The zero-order valence-corrected chi connectivity index (χ0v) is 18.4. The van der Waals surface area contributed by atoms with Crippen LogP contribution in [-0.4, -0.2) is 43.5 Å². The maximum Gasteiger partial charge on any atom is 0.254 e. The molecule has 1 fully saturated rings. The van der Waals surface area contributed by atoms with Crippen molar-refractivity contribution in [2.24, 2.45) is 5.92 Å². The third-order valence-electron chi connectivity index (χ3n) is 7.72. The second kappa shape index (κ2) is 6.76. The number of aromatic nitrogens is 4. The van der Waals surface area contributed by atoms with Crippen LogP contribution >= 0.6 is 0 Å². The predicted octanol–water partition coefficient (Wildman–Crippen LogP) is 4.29. The molecule has 1 saturated heterocycles. The van der Waals surface area contributed by atoms with E-state index in [1.54, 1.807) is 13.3 Å². The average Bonchev–Trinajstić information content (AvgIpc) is 3.44. The number of H-pyrrole nitrogens is 1. The molecule has 7 nitrogen and oxygen atoms in total. The van der Waals surface area contributed by atoms with Crippen LogP contribution in [0.1, 0.15) is 47.6 Å². The summed E-state index contributed by atoms with van der Waals surface area (Å²) < 4.78 is 5.18. The molecule has 2 aromatic carbocycles. The lowest BCUT2D eigenvalue weighted by Gasteiger charge is -2.54. The van der Waals surface area contributed by atoms with Crippen LogP contribution in [0.2, 0.25) is 0 Å². The summed E-state index contributed by atoms with van der Waals surface area (Å²) in [5.41, 5.74) is 6.12. The highest BCUT2D eigenvalue weighted by molar-refractivity contribution is 5.97. The zero-order valence-electron chi connectivity index (χ0n) is 18.4. The van der Waals surface area contributed by atoms with E-state index < -0.39 is 0 Å². The van der Waals surface area contributed by atoms with Gasteiger partial charge in [-0.2, -0.15) is 4.98 Å². The Bertz CT molecular complexity index is 1360. The van der Waals surface area contributed by atoms with E-state index >= 15 is 0 Å². The number of amides is 1. The predicted molar refractivity (Wildman–Crippen MR) is 120 cm³/mol. The van der Waals surface area contributed by atoms with E-state index in [2.05, 4.69) is 57.1 Å². The van der Waals surface area contributed by atoms with Gasteiger partial charge in [-0.05, 0) is 59.6 Å². The van der Waals surface area contributed by atoms with E-state index in [0.29, 0.717) is 23.2 Å². The lowest BCUT2D eigenvalue weighted by molar-refractivity contribution is 0.0251. The van der Waals surface area contributed by atoms with Crippen molar-refractivity contribution in [2.45, 2.75) is 45.1 Å². The molecule has 2 aliphatic rings. The Hall–Kier alpha value is -3.48. The van der Waals surface area contributed by atoms with Crippen LogP contribution in [0.15, 0.2) is 47.2 Å². The Morgan fingerprint density at radius 1 is 1.25 bits per heavy atom. The molecule has 162 valence electrons. The fraction of sp³-hybridized carbons (Fsp3) is 0.360. The Morgan fingerprint density at radius 2 is 2.12 bits per heavy atom. The third-order valence-corrected chi connectivity index (χ3v) is 7.72. The molecule has 4 aromatic rings. The van der Waals surface area contributed by atoms with Crippen molar-refractivity contribution in [3.63, 3.8) is 0 Å². The van der Waals surface area contributed by atoms with Crippen LogP contribution in [0.25, 0.3) is 22.4 Å². The molecule has 0 saturated carbocycles. The second-order valence-corrected chi connectivity index (χ2v) is 9.37. The molecule has 1 aliphatic heterocycles. The number of likely N-dealkylation sites (tertiary alicyclic amines) is 1. The van der Waals surface area contributed by atoms with Crippen LogP contribution in [0.3, 0.4) is 0 Å². The van der Waals surface area contributed by atoms with E-state index in [9.17, 15) is 4.79 Å². The third kappa shape index (κ3) is 2.73. The number of aromatic amines is 1. The summed E-state index contributed by atoms with van der Waals surface area (Å²) in [7, 11) is 0. The molecular formula is C25H25N5O2. The van der Waals surface area contributed by atoms with E-state index in [1.165, 1.54) is 11.1 Å². The molecule has 1 aliphatic carbocycles. The number of rotatable bonds is 2. The monoisotopic (exact) mass is 427 g/mol. The first-order valence-corrected chi connectivity index (χ1v) is 11.1. The zero-order chi connectivity index (χ0) is 22.0. The topological polar surface area (TPSA) is 87.9 Å². The summed E-state index contributed by atoms with van der Waals surface area (Å²) >= 11 is 0. The number of nitrogens with zero attached hydrogens (tertiary/aromatic N) is 4. The number of hydrogen-bond acceptors (Lipinski definition) is 5. The van der Waals surface area contributed by atoms with Crippen molar-refractivity contribution >= 4 is 16.9 Å². The minimum absolute atomic E-state index is 0.00283. The van der Waals surface area contributed by atoms with Gasteiger partial charge in [0.25, 0.3) is 5.91 Å². The summed E-state index contributed by atoms with van der Waals surface area (Å²) in [4.78, 5) is 27.4. The number of piperidine rings is 1. The van der Waals surface area contributed by atoms with E-state index in [4.69, 9.17) is 4.52 Å². The lowest BCUT2D eigenvalue weighted by Crippen LogP contribution is -2.59. The van der Waals surface area contributed by atoms with Gasteiger partial charge in [-0.25, -0.2) is 4.98 Å². The highest BCUT2D eigenvalue weighted by Gasteiger charge is 2.49. The lowest BCUT2D eigenvalue weighted by atomic mass is 9.58. The highest BCUT2D eigenvalue weighted by atomic mass is 16.5. The first kappa shape index (κ1) is 19.2. The molecular weight excluding hydrogens is 402 g/mol. The summed E-state index contributed by atoms with van der Waals surface area (Å²) in [6, 6.07) is 12.4. The van der Waals surface area contributed by atoms with E-state index in [0.717, 1.165) is 36.0 Å². The minimum Gasteiger partial charge on any atom is -0.345 e. The van der Waals surface area contributed by atoms with Crippen LogP contribution in [0, 0.1) is 12.8 Å². The van der Waals surface area contributed by atoms with Gasteiger partial charge in [0.05, 0.1) is 17.4 Å². The van der Waals surface area contributed by atoms with Gasteiger partial charge in [-0.3, -0.25) is 4.79 Å². The quantitative estimate of drug-likeness (QED) is 0.516. The normalized spacial score (nSPS) is 24.5. The van der Waals surface area contributed by atoms with Crippen molar-refractivity contribution in [3.05, 3.63) is 65.3 Å². The molecule has 1 N–H and O–H groups in total. The smallest absolute Gasteiger partial charge is 0.254 e. The van der Waals surface area contributed by atoms with Gasteiger partial charge in [-0.15, -0.1) is 0 Å². The summed E-state index contributed by atoms with van der Waals surface area (Å²) in [6.07, 6.45) is 3.44. The van der Waals surface area contributed by atoms with Gasteiger partial charge in [0.15, 0.2) is 0 Å². The number of nitrogens with one attached hydrogen (secondary N) is 1. The molecule has 3 heterocycles. The molecule has 1 amide bonds. The number of carbonyl (C=O) groups excluding carboxylic acids is 1. The van der Waals surface area contributed by atoms with Crippen molar-refractivity contribution < 1.29 is 9.32 Å². The molecule has 2 aromatic heterocycles. The molecule has 3 atom stereocenters. The van der Waals surface area contributed by atoms with Crippen LogP contribution in [0.5, 0.6) is 0 Å². The van der Waals surface area contributed by atoms with Crippen molar-refractivity contribution in [2.75, 3.05) is 6.54 Å². The summed E-state index contributed by atoms with van der Waals surface area (Å²) in [5.74, 6) is 1.64. The fourth-order valence-electron chi connectivity index (χ4n) is 5.66. The number of hydrogen-bond donors (Lipinski definition) is 1. The van der Waals surface area contributed by atoms with Crippen LogP contribution < -0.4 is 0 Å². The fourth-order valence-corrected chi connectivity index (χ4v) is 5.66. The largest absolute Gasteiger partial charge is 0.345 e. The van der Waals surface area contributed by atoms with E-state index in [1.807, 2.05) is 18.2 Å². The number of imidazole rings is 1. The summed E-state index contributed by atoms with van der Waals surface area (Å²) in [5, 5.41) is 4.10. The van der Waals surface area contributed by atoms with Crippen molar-refractivity contribution in [3.8, 4) is 11.4 Å². The molecule has 7 heteroatoms. The SMILES string of the molecule is Cc1nc(-c2ccc3c(c2)[C@]2(C)CCN(C(=O)c4ccc5nc[nH]c5c4)[C@H](C3)[C@H]2C)no1. The Labute approximate surface area is 185 Å². The van der Waals surface area contributed by atoms with Crippen molar-refractivity contribution in [1.29, 1.82) is 0 Å². The molecule has 0 spiro atoms. The molecule has 0 unspecified atom stereocenters. The molecule has 6 rings (SSSR count). The number of carbonyl (C=O) groups is 1. The first-order chi connectivity index (χ1) is 15.4. The summed E-state index contributed by atoms with van der Waals surface area (Å²) in [6.45, 7) is 7.18. The average molecular weight is 428 g/mol. The van der Waals surface area contributed by atoms with E-state index in [-0.39, 0.29) is 17.4 Å². The minimum atomic E-state index is -0.00283. The van der Waals surface area contributed by atoms with Gasteiger partial charge >= 0.3 is 0 Å². The highest BCUT2D eigenvalue weighted by Crippen LogP contribution is 2.49.